The minimum Gasteiger partial charge on any atom is -0.490 e. The molecule has 8 heteroatoms. The maximum absolute atomic E-state index is 12.9. The van der Waals surface area contributed by atoms with E-state index in [9.17, 15) is 9.59 Å². The number of thiocarbonyl (C=S) groups is 1. The monoisotopic (exact) mass is 471 g/mol. The number of hydrogen-bond donors (Lipinski definition) is 2. The molecule has 0 aliphatic heterocycles. The summed E-state index contributed by atoms with van der Waals surface area (Å²) in [4.78, 5) is 27.5. The molecule has 178 valence electrons. The fourth-order valence-corrected chi connectivity index (χ4v) is 3.45. The van der Waals surface area contributed by atoms with Gasteiger partial charge in [0.05, 0.1) is 12.2 Å². The van der Waals surface area contributed by atoms with Crippen LogP contribution < -0.4 is 15.4 Å². The lowest BCUT2D eigenvalue weighted by molar-refractivity contribution is 0.0755. The number of benzene rings is 2. The van der Waals surface area contributed by atoms with Gasteiger partial charge in [0.25, 0.3) is 11.8 Å². The van der Waals surface area contributed by atoms with Gasteiger partial charge < -0.3 is 19.7 Å². The highest BCUT2D eigenvalue weighted by molar-refractivity contribution is 7.80. The maximum Gasteiger partial charge on any atom is 0.261 e. The van der Waals surface area contributed by atoms with Crippen LogP contribution in [0.25, 0.3) is 0 Å². The van der Waals surface area contributed by atoms with Gasteiger partial charge in [0, 0.05) is 30.9 Å². The third-order valence-electron chi connectivity index (χ3n) is 4.69. The van der Waals surface area contributed by atoms with Crippen LogP contribution >= 0.6 is 12.2 Å². The summed E-state index contributed by atoms with van der Waals surface area (Å²) < 4.78 is 10.9. The van der Waals surface area contributed by atoms with Crippen LogP contribution in [0.1, 0.15) is 54.3 Å². The zero-order valence-electron chi connectivity index (χ0n) is 19.6. The molecule has 0 fully saturated rings. The Balaban J connectivity index is 2.02. The Morgan fingerprint density at radius 2 is 1.70 bits per heavy atom. The standard InChI is InChI=1S/C25H33N3O4S/c1-4-14-28(15-5-2)24(30)19-10-9-11-20(18-19)26-25(33)27-23(29)21-12-7-8-13-22(21)32-17-16-31-6-3/h7-13,18H,4-6,14-17H2,1-3H3,(H2,26,27,29,33). The van der Waals surface area contributed by atoms with Crippen molar-refractivity contribution in [2.45, 2.75) is 33.6 Å². The highest BCUT2D eigenvalue weighted by Gasteiger charge is 2.16. The summed E-state index contributed by atoms with van der Waals surface area (Å²) in [6, 6.07) is 14.1. The number of carbonyl (C=O) groups excluding carboxylic acids is 2. The summed E-state index contributed by atoms with van der Waals surface area (Å²) in [5.74, 6) is 0.0521. The van der Waals surface area contributed by atoms with Crippen molar-refractivity contribution in [2.75, 3.05) is 38.2 Å². The van der Waals surface area contributed by atoms with Crippen LogP contribution in [0.5, 0.6) is 5.75 Å². The molecule has 2 rings (SSSR count). The topological polar surface area (TPSA) is 79.9 Å². The number of anilines is 1. The van der Waals surface area contributed by atoms with Crippen molar-refractivity contribution in [3.05, 3.63) is 59.7 Å². The Bertz CT molecular complexity index is 929. The zero-order chi connectivity index (χ0) is 24.1. The lowest BCUT2D eigenvalue weighted by Gasteiger charge is -2.22. The first-order valence-electron chi connectivity index (χ1n) is 11.3. The van der Waals surface area contributed by atoms with Crippen LogP contribution in [0.15, 0.2) is 48.5 Å². The first-order valence-corrected chi connectivity index (χ1v) is 11.7. The molecule has 0 spiro atoms. The van der Waals surface area contributed by atoms with Gasteiger partial charge in [0.15, 0.2) is 5.11 Å². The fourth-order valence-electron chi connectivity index (χ4n) is 3.24. The van der Waals surface area contributed by atoms with Crippen molar-refractivity contribution < 1.29 is 19.1 Å². The Hall–Kier alpha value is -2.97. The predicted octanol–water partition coefficient (Wildman–Crippen LogP) is 4.49. The zero-order valence-corrected chi connectivity index (χ0v) is 20.4. The number of para-hydroxylation sites is 1. The summed E-state index contributed by atoms with van der Waals surface area (Å²) in [7, 11) is 0. The average molecular weight is 472 g/mol. The summed E-state index contributed by atoms with van der Waals surface area (Å²) in [5, 5.41) is 5.79. The number of ether oxygens (including phenoxy) is 2. The van der Waals surface area contributed by atoms with Gasteiger partial charge >= 0.3 is 0 Å². The number of rotatable bonds is 12. The van der Waals surface area contributed by atoms with E-state index in [0.29, 0.717) is 55.5 Å². The lowest BCUT2D eigenvalue weighted by atomic mass is 10.1. The molecule has 2 aromatic carbocycles. The summed E-state index contributed by atoms with van der Waals surface area (Å²) in [6.07, 6.45) is 1.80. The summed E-state index contributed by atoms with van der Waals surface area (Å²) >= 11 is 5.32. The van der Waals surface area contributed by atoms with Crippen LogP contribution in [0.4, 0.5) is 5.69 Å². The number of carbonyl (C=O) groups is 2. The molecule has 0 radical (unpaired) electrons. The molecule has 0 atom stereocenters. The second kappa shape index (κ2) is 14.2. The van der Waals surface area contributed by atoms with E-state index in [1.54, 1.807) is 48.5 Å². The molecule has 0 aliphatic rings. The van der Waals surface area contributed by atoms with E-state index in [1.165, 1.54) is 0 Å². The van der Waals surface area contributed by atoms with Crippen molar-refractivity contribution in [1.29, 1.82) is 0 Å². The van der Waals surface area contributed by atoms with Gasteiger partial charge in [-0.1, -0.05) is 32.0 Å². The Labute approximate surface area is 201 Å². The van der Waals surface area contributed by atoms with Crippen molar-refractivity contribution in [3.63, 3.8) is 0 Å². The molecule has 0 heterocycles. The third-order valence-corrected chi connectivity index (χ3v) is 4.89. The molecule has 2 N–H and O–H groups in total. The first kappa shape index (κ1) is 26.3. The minimum absolute atomic E-state index is 0.0181. The van der Waals surface area contributed by atoms with Gasteiger partial charge in [-0.15, -0.1) is 0 Å². The van der Waals surface area contributed by atoms with Crippen molar-refractivity contribution in [3.8, 4) is 5.75 Å². The molecule has 2 amide bonds. The maximum atomic E-state index is 12.9. The second-order valence-electron chi connectivity index (χ2n) is 7.32. The highest BCUT2D eigenvalue weighted by Crippen LogP contribution is 2.18. The molecule has 2 aromatic rings. The van der Waals surface area contributed by atoms with Crippen LogP contribution in [0.3, 0.4) is 0 Å². The predicted molar refractivity (Wildman–Crippen MR) is 135 cm³/mol. The Kier molecular flexibility index (Phi) is 11.3. The lowest BCUT2D eigenvalue weighted by Crippen LogP contribution is -2.34. The fraction of sp³-hybridized carbons (Fsp3) is 0.400. The summed E-state index contributed by atoms with van der Waals surface area (Å²) in [6.45, 7) is 8.83. The molecule has 0 aromatic heterocycles. The smallest absolute Gasteiger partial charge is 0.261 e. The van der Waals surface area contributed by atoms with Gasteiger partial charge in [-0.2, -0.15) is 0 Å². The largest absolute Gasteiger partial charge is 0.490 e. The Morgan fingerprint density at radius 3 is 2.39 bits per heavy atom. The molecule has 0 bridgehead atoms. The van der Waals surface area contributed by atoms with Gasteiger partial charge in [0.2, 0.25) is 0 Å². The second-order valence-corrected chi connectivity index (χ2v) is 7.73. The van der Waals surface area contributed by atoms with Gasteiger partial charge in [-0.3, -0.25) is 14.9 Å². The molecular formula is C25H33N3O4S. The van der Waals surface area contributed by atoms with E-state index in [2.05, 4.69) is 24.5 Å². The van der Waals surface area contributed by atoms with Crippen LogP contribution in [0.2, 0.25) is 0 Å². The number of nitrogens with zero attached hydrogens (tertiary/aromatic N) is 1. The molecule has 0 saturated heterocycles. The molecule has 33 heavy (non-hydrogen) atoms. The average Bonchev–Trinajstić information content (AvgIpc) is 2.81. The normalized spacial score (nSPS) is 10.4. The van der Waals surface area contributed by atoms with E-state index in [0.717, 1.165) is 12.8 Å². The van der Waals surface area contributed by atoms with Gasteiger partial charge in [-0.25, -0.2) is 0 Å². The molecular weight excluding hydrogens is 438 g/mol. The number of nitrogens with one attached hydrogen (secondary N) is 2. The number of amides is 2. The van der Waals surface area contributed by atoms with Crippen LogP contribution in [-0.2, 0) is 4.74 Å². The van der Waals surface area contributed by atoms with E-state index < -0.39 is 0 Å². The SMILES string of the molecule is CCCN(CCC)C(=O)c1cccc(NC(=S)NC(=O)c2ccccc2OCCOCC)c1. The first-order chi connectivity index (χ1) is 16.0. The van der Waals surface area contributed by atoms with Crippen molar-refractivity contribution >= 4 is 34.8 Å². The quantitative estimate of drug-likeness (QED) is 0.351. The van der Waals surface area contributed by atoms with Gasteiger partial charge in [0.1, 0.15) is 12.4 Å². The number of hydrogen-bond acceptors (Lipinski definition) is 5. The minimum atomic E-state index is -0.385. The van der Waals surface area contributed by atoms with Crippen molar-refractivity contribution in [2.24, 2.45) is 0 Å². The van der Waals surface area contributed by atoms with E-state index in [-0.39, 0.29) is 16.9 Å². The molecule has 7 nitrogen and oxygen atoms in total. The van der Waals surface area contributed by atoms with Crippen LogP contribution in [-0.4, -0.2) is 54.7 Å². The third kappa shape index (κ3) is 8.47. The highest BCUT2D eigenvalue weighted by atomic mass is 32.1. The molecule has 0 unspecified atom stereocenters. The van der Waals surface area contributed by atoms with Gasteiger partial charge in [-0.05, 0) is 62.3 Å². The van der Waals surface area contributed by atoms with E-state index in [1.807, 2.05) is 11.8 Å². The summed E-state index contributed by atoms with van der Waals surface area (Å²) in [5.41, 5.74) is 1.57. The van der Waals surface area contributed by atoms with E-state index >= 15 is 0 Å². The molecule has 0 aliphatic carbocycles. The van der Waals surface area contributed by atoms with Crippen molar-refractivity contribution in [1.82, 2.24) is 10.2 Å². The molecule has 0 saturated carbocycles. The van der Waals surface area contributed by atoms with E-state index in [4.69, 9.17) is 21.7 Å². The van der Waals surface area contributed by atoms with Crippen LogP contribution in [0, 0.1) is 0 Å². The Morgan fingerprint density at radius 1 is 0.970 bits per heavy atom.